The van der Waals surface area contributed by atoms with E-state index >= 15 is 0 Å². The fourth-order valence-electron chi connectivity index (χ4n) is 2.27. The van der Waals surface area contributed by atoms with Crippen molar-refractivity contribution in [2.24, 2.45) is 0 Å². The number of nitro benzene ring substituents is 1. The van der Waals surface area contributed by atoms with E-state index in [0.29, 0.717) is 30.3 Å². The number of carbonyl (C=O) groups excluding carboxylic acids is 1. The number of halogens is 1. The van der Waals surface area contributed by atoms with Gasteiger partial charge in [0.15, 0.2) is 16.6 Å². The van der Waals surface area contributed by atoms with Gasteiger partial charge in [-0.05, 0) is 42.5 Å². The minimum Gasteiger partial charge on any atom is -0.486 e. The maximum atomic E-state index is 12.3. The van der Waals surface area contributed by atoms with Gasteiger partial charge in [-0.25, -0.2) is 0 Å². The minimum atomic E-state index is -0.598. The lowest BCUT2D eigenvalue weighted by atomic mass is 10.2. The molecule has 0 aromatic heterocycles. The molecule has 134 valence electrons. The minimum absolute atomic E-state index is 0.0877. The molecule has 0 fully saturated rings. The molecule has 0 radical (unpaired) electrons. The van der Waals surface area contributed by atoms with Crippen LogP contribution in [0.15, 0.2) is 36.4 Å². The van der Waals surface area contributed by atoms with Gasteiger partial charge in [0, 0.05) is 16.7 Å². The number of fused-ring (bicyclic) bond motifs is 1. The summed E-state index contributed by atoms with van der Waals surface area (Å²) in [6, 6.07) is 8.80. The van der Waals surface area contributed by atoms with E-state index in [1.54, 1.807) is 12.1 Å². The first-order chi connectivity index (χ1) is 12.4. The number of ether oxygens (including phenoxy) is 2. The van der Waals surface area contributed by atoms with E-state index in [1.807, 2.05) is 0 Å². The number of hydrogen-bond donors (Lipinski definition) is 2. The number of thiocarbonyl (C=S) groups is 1. The van der Waals surface area contributed by atoms with Crippen LogP contribution in [0.2, 0.25) is 5.02 Å². The van der Waals surface area contributed by atoms with Crippen molar-refractivity contribution in [3.05, 3.63) is 57.1 Å². The molecular formula is C16H12ClN3O5S. The first-order valence-electron chi connectivity index (χ1n) is 7.40. The molecule has 10 heteroatoms. The van der Waals surface area contributed by atoms with E-state index in [9.17, 15) is 14.9 Å². The number of benzene rings is 2. The zero-order valence-electron chi connectivity index (χ0n) is 13.2. The highest BCUT2D eigenvalue weighted by molar-refractivity contribution is 7.80. The molecule has 2 aromatic carbocycles. The molecule has 0 aliphatic carbocycles. The van der Waals surface area contributed by atoms with Crippen LogP contribution in [0.25, 0.3) is 0 Å². The van der Waals surface area contributed by atoms with E-state index < -0.39 is 10.8 Å². The summed E-state index contributed by atoms with van der Waals surface area (Å²) in [5.74, 6) is 0.539. The fraction of sp³-hybridized carbons (Fsp3) is 0.125. The van der Waals surface area contributed by atoms with Crippen molar-refractivity contribution in [2.45, 2.75) is 0 Å². The molecule has 0 saturated heterocycles. The Morgan fingerprint density at radius 2 is 1.88 bits per heavy atom. The van der Waals surface area contributed by atoms with Crippen LogP contribution in [0.4, 0.5) is 11.4 Å². The summed E-state index contributed by atoms with van der Waals surface area (Å²) in [5, 5.41) is 16.3. The second-order valence-electron chi connectivity index (χ2n) is 5.19. The number of nitrogens with one attached hydrogen (secondary N) is 2. The average Bonchev–Trinajstić information content (AvgIpc) is 2.62. The summed E-state index contributed by atoms with van der Waals surface area (Å²) in [6.45, 7) is 0.852. The van der Waals surface area contributed by atoms with E-state index in [4.69, 9.17) is 33.3 Å². The second kappa shape index (κ2) is 7.54. The standard InChI is InChI=1S/C16H12ClN3O5S/c17-10-2-3-11(12(8-10)20(22)23)18-16(26)19-15(21)9-1-4-13-14(7-9)25-6-5-24-13/h1-4,7-8H,5-6H2,(H2,18,19,21,26). The maximum absolute atomic E-state index is 12.3. The third kappa shape index (κ3) is 4.01. The number of nitro groups is 1. The van der Waals surface area contributed by atoms with Gasteiger partial charge >= 0.3 is 0 Å². The second-order valence-corrected chi connectivity index (χ2v) is 6.03. The molecule has 8 nitrogen and oxygen atoms in total. The lowest BCUT2D eigenvalue weighted by molar-refractivity contribution is -0.383. The Balaban J connectivity index is 1.70. The summed E-state index contributed by atoms with van der Waals surface area (Å²) in [7, 11) is 0. The van der Waals surface area contributed by atoms with Crippen LogP contribution < -0.4 is 20.1 Å². The third-order valence-electron chi connectivity index (χ3n) is 3.44. The SMILES string of the molecule is O=C(NC(=S)Nc1ccc(Cl)cc1[N+](=O)[O-])c1ccc2c(c1)OCCO2. The van der Waals surface area contributed by atoms with Gasteiger partial charge in [-0.15, -0.1) is 0 Å². The molecule has 26 heavy (non-hydrogen) atoms. The molecule has 0 unspecified atom stereocenters. The van der Waals surface area contributed by atoms with Crippen molar-refractivity contribution >= 4 is 46.2 Å². The van der Waals surface area contributed by atoms with Gasteiger partial charge in [0.25, 0.3) is 11.6 Å². The van der Waals surface area contributed by atoms with Crippen LogP contribution in [-0.4, -0.2) is 29.2 Å². The number of rotatable bonds is 3. The van der Waals surface area contributed by atoms with E-state index in [-0.39, 0.29) is 21.5 Å². The fourth-order valence-corrected chi connectivity index (χ4v) is 2.64. The lowest BCUT2D eigenvalue weighted by Crippen LogP contribution is -2.34. The van der Waals surface area contributed by atoms with Crippen LogP contribution >= 0.6 is 23.8 Å². The summed E-state index contributed by atoms with van der Waals surface area (Å²) in [5.41, 5.74) is 0.171. The highest BCUT2D eigenvalue weighted by Crippen LogP contribution is 2.31. The zero-order valence-corrected chi connectivity index (χ0v) is 14.7. The smallest absolute Gasteiger partial charge is 0.294 e. The highest BCUT2D eigenvalue weighted by atomic mass is 35.5. The molecule has 1 heterocycles. The molecule has 2 N–H and O–H groups in total. The van der Waals surface area contributed by atoms with E-state index in [2.05, 4.69) is 10.6 Å². The normalized spacial score (nSPS) is 12.2. The Morgan fingerprint density at radius 3 is 2.62 bits per heavy atom. The number of carbonyl (C=O) groups is 1. The van der Waals surface area contributed by atoms with Gasteiger partial charge in [0.1, 0.15) is 18.9 Å². The summed E-state index contributed by atoms with van der Waals surface area (Å²) in [6.07, 6.45) is 0. The molecule has 0 bridgehead atoms. The van der Waals surface area contributed by atoms with Crippen LogP contribution in [-0.2, 0) is 0 Å². The summed E-state index contributed by atoms with van der Waals surface area (Å²) < 4.78 is 10.8. The molecule has 0 saturated carbocycles. The Bertz CT molecular complexity index is 905. The number of amides is 1. The van der Waals surface area contributed by atoms with Gasteiger partial charge < -0.3 is 14.8 Å². The molecule has 1 aliphatic rings. The van der Waals surface area contributed by atoms with Gasteiger partial charge in [0.05, 0.1) is 4.92 Å². The van der Waals surface area contributed by atoms with Gasteiger partial charge in [-0.3, -0.25) is 20.2 Å². The quantitative estimate of drug-likeness (QED) is 0.469. The molecule has 1 amide bonds. The molecule has 3 rings (SSSR count). The Kier molecular flexibility index (Phi) is 5.19. The van der Waals surface area contributed by atoms with Crippen LogP contribution in [0.1, 0.15) is 10.4 Å². The average molecular weight is 394 g/mol. The lowest BCUT2D eigenvalue weighted by Gasteiger charge is -2.18. The van der Waals surface area contributed by atoms with E-state index in [1.165, 1.54) is 24.3 Å². The van der Waals surface area contributed by atoms with Crippen molar-refractivity contribution in [3.63, 3.8) is 0 Å². The molecule has 2 aromatic rings. The highest BCUT2D eigenvalue weighted by Gasteiger charge is 2.18. The van der Waals surface area contributed by atoms with E-state index in [0.717, 1.165) is 0 Å². The molecule has 1 aliphatic heterocycles. The molecule has 0 atom stereocenters. The van der Waals surface area contributed by atoms with Gasteiger partial charge in [-0.1, -0.05) is 11.6 Å². The van der Waals surface area contributed by atoms with Gasteiger partial charge in [-0.2, -0.15) is 0 Å². The summed E-state index contributed by atoms with van der Waals surface area (Å²) >= 11 is 10.8. The van der Waals surface area contributed by atoms with Crippen molar-refractivity contribution in [1.29, 1.82) is 0 Å². The van der Waals surface area contributed by atoms with Crippen LogP contribution in [0.5, 0.6) is 11.5 Å². The van der Waals surface area contributed by atoms with Crippen molar-refractivity contribution < 1.29 is 19.2 Å². The third-order valence-corrected chi connectivity index (χ3v) is 3.88. The maximum Gasteiger partial charge on any atom is 0.294 e. The monoisotopic (exact) mass is 393 g/mol. The Hall–Kier alpha value is -2.91. The first-order valence-corrected chi connectivity index (χ1v) is 8.18. The zero-order chi connectivity index (χ0) is 18.7. The largest absolute Gasteiger partial charge is 0.486 e. The number of hydrogen-bond acceptors (Lipinski definition) is 6. The van der Waals surface area contributed by atoms with Crippen molar-refractivity contribution in [1.82, 2.24) is 5.32 Å². The Labute approximate surface area is 158 Å². The first kappa shape index (κ1) is 17.9. The van der Waals surface area contributed by atoms with Gasteiger partial charge in [0.2, 0.25) is 0 Å². The van der Waals surface area contributed by atoms with Crippen molar-refractivity contribution in [3.8, 4) is 11.5 Å². The van der Waals surface area contributed by atoms with Crippen LogP contribution in [0.3, 0.4) is 0 Å². The predicted molar refractivity (Wildman–Crippen MR) is 99.2 cm³/mol. The topological polar surface area (TPSA) is 103 Å². The number of anilines is 1. The van der Waals surface area contributed by atoms with Crippen molar-refractivity contribution in [2.75, 3.05) is 18.5 Å². The molecule has 0 spiro atoms. The number of nitrogens with zero attached hydrogens (tertiary/aromatic N) is 1. The predicted octanol–water partition coefficient (Wildman–Crippen LogP) is 3.15. The molecular weight excluding hydrogens is 382 g/mol. The Morgan fingerprint density at radius 1 is 1.15 bits per heavy atom. The summed E-state index contributed by atoms with van der Waals surface area (Å²) in [4.78, 5) is 22.8. The van der Waals surface area contributed by atoms with Crippen LogP contribution in [0, 0.1) is 10.1 Å².